The van der Waals surface area contributed by atoms with E-state index in [1.165, 1.54) is 6.92 Å². The molecule has 0 spiro atoms. The van der Waals surface area contributed by atoms with E-state index in [4.69, 9.17) is 10.2 Å². The Balaban J connectivity index is 4.06. The van der Waals surface area contributed by atoms with Crippen LogP contribution in [0.25, 0.3) is 0 Å². The average molecular weight is 223 g/mol. The molecule has 0 rings (SSSR count). The van der Waals surface area contributed by atoms with E-state index in [-0.39, 0.29) is 6.54 Å². The molecule has 0 aliphatic carbocycles. The number of aliphatic hydroxyl groups is 5. The van der Waals surface area contributed by atoms with Crippen molar-refractivity contribution in [3.8, 4) is 0 Å². The maximum Gasteiger partial charge on any atom is 0.216 e. The van der Waals surface area contributed by atoms with Crippen LogP contribution < -0.4 is 5.32 Å². The highest BCUT2D eigenvalue weighted by atomic mass is 16.4. The van der Waals surface area contributed by atoms with Gasteiger partial charge < -0.3 is 30.8 Å². The van der Waals surface area contributed by atoms with Crippen LogP contribution in [0.5, 0.6) is 0 Å². The number of rotatable bonds is 6. The summed E-state index contributed by atoms with van der Waals surface area (Å²) in [6.07, 6.45) is -6.25. The van der Waals surface area contributed by atoms with Crippen molar-refractivity contribution >= 4 is 5.91 Å². The summed E-state index contributed by atoms with van der Waals surface area (Å²) in [5.74, 6) is -0.390. The lowest BCUT2D eigenvalue weighted by atomic mass is 10.0. The fourth-order valence-corrected chi connectivity index (χ4v) is 0.932. The molecule has 15 heavy (non-hydrogen) atoms. The minimum Gasteiger partial charge on any atom is -0.394 e. The Bertz CT molecular complexity index is 200. The van der Waals surface area contributed by atoms with E-state index in [0.29, 0.717) is 0 Å². The Morgan fingerprint density at radius 2 is 1.60 bits per heavy atom. The van der Waals surface area contributed by atoms with Crippen LogP contribution in [0.15, 0.2) is 0 Å². The van der Waals surface area contributed by atoms with Gasteiger partial charge in [0, 0.05) is 13.5 Å². The van der Waals surface area contributed by atoms with Crippen LogP contribution in [0.2, 0.25) is 0 Å². The number of hydrogen-bond acceptors (Lipinski definition) is 6. The SMILES string of the molecule is CC(=O)NC[C@@H](O)[C@@H](O)[C@H](O)[C@@H](O)CO. The van der Waals surface area contributed by atoms with E-state index in [2.05, 4.69) is 5.32 Å². The van der Waals surface area contributed by atoms with Gasteiger partial charge in [-0.1, -0.05) is 0 Å². The fourth-order valence-electron chi connectivity index (χ4n) is 0.932. The van der Waals surface area contributed by atoms with Crippen molar-refractivity contribution in [3.63, 3.8) is 0 Å². The third-order valence-electron chi connectivity index (χ3n) is 1.89. The summed E-state index contributed by atoms with van der Waals surface area (Å²) < 4.78 is 0. The van der Waals surface area contributed by atoms with E-state index < -0.39 is 36.9 Å². The predicted octanol–water partition coefficient (Wildman–Crippen LogP) is -3.44. The monoisotopic (exact) mass is 223 g/mol. The molecule has 4 atom stereocenters. The number of nitrogens with one attached hydrogen (secondary N) is 1. The molecule has 7 heteroatoms. The topological polar surface area (TPSA) is 130 Å². The molecule has 0 saturated heterocycles. The predicted molar refractivity (Wildman–Crippen MR) is 49.8 cm³/mol. The van der Waals surface area contributed by atoms with Crippen LogP contribution in [-0.2, 0) is 4.79 Å². The highest BCUT2D eigenvalue weighted by molar-refractivity contribution is 5.72. The maximum absolute atomic E-state index is 10.5. The molecule has 0 fully saturated rings. The zero-order chi connectivity index (χ0) is 12.0. The van der Waals surface area contributed by atoms with Crippen LogP contribution in [0.4, 0.5) is 0 Å². The van der Waals surface area contributed by atoms with Gasteiger partial charge >= 0.3 is 0 Å². The van der Waals surface area contributed by atoms with Crippen molar-refractivity contribution in [2.24, 2.45) is 0 Å². The summed E-state index contributed by atoms with van der Waals surface area (Å²) in [5.41, 5.74) is 0. The number of aliphatic hydroxyl groups excluding tert-OH is 5. The lowest BCUT2D eigenvalue weighted by molar-refractivity contribution is -0.124. The van der Waals surface area contributed by atoms with Gasteiger partial charge in [-0.3, -0.25) is 4.79 Å². The highest BCUT2D eigenvalue weighted by Crippen LogP contribution is 2.04. The first kappa shape index (κ1) is 14.3. The molecule has 0 heterocycles. The van der Waals surface area contributed by atoms with Gasteiger partial charge in [-0.15, -0.1) is 0 Å². The molecule has 0 unspecified atom stereocenters. The molecular weight excluding hydrogens is 206 g/mol. The Labute approximate surface area is 87.0 Å². The lowest BCUT2D eigenvalue weighted by Gasteiger charge is -2.25. The maximum atomic E-state index is 10.5. The molecular formula is C8H17NO6. The largest absolute Gasteiger partial charge is 0.394 e. The molecule has 0 aliphatic heterocycles. The van der Waals surface area contributed by atoms with Crippen molar-refractivity contribution in [2.75, 3.05) is 13.2 Å². The molecule has 0 aromatic carbocycles. The van der Waals surface area contributed by atoms with Crippen LogP contribution in [0.1, 0.15) is 6.92 Å². The first-order chi connectivity index (χ1) is 6.90. The van der Waals surface area contributed by atoms with Crippen molar-refractivity contribution in [2.45, 2.75) is 31.3 Å². The first-order valence-corrected chi connectivity index (χ1v) is 4.47. The summed E-state index contributed by atoms with van der Waals surface area (Å²) in [4.78, 5) is 10.5. The summed E-state index contributed by atoms with van der Waals surface area (Å²) in [7, 11) is 0. The standard InChI is InChI=1S/C8H17NO6/c1-4(11)9-2-5(12)7(14)8(15)6(13)3-10/h5-8,10,12-15H,2-3H2,1H3,(H,9,11)/t5-,6+,7-,8-/m1/s1. The van der Waals surface area contributed by atoms with Gasteiger partial charge in [0.2, 0.25) is 5.91 Å². The molecule has 0 radical (unpaired) electrons. The smallest absolute Gasteiger partial charge is 0.216 e. The van der Waals surface area contributed by atoms with Crippen molar-refractivity contribution in [1.29, 1.82) is 0 Å². The van der Waals surface area contributed by atoms with E-state index >= 15 is 0 Å². The Kier molecular flexibility index (Phi) is 6.37. The summed E-state index contributed by atoms with van der Waals surface area (Å²) in [5, 5.41) is 47.4. The molecule has 0 saturated carbocycles. The minimum atomic E-state index is -1.67. The van der Waals surface area contributed by atoms with Crippen LogP contribution in [-0.4, -0.2) is 69.0 Å². The summed E-state index contributed by atoms with van der Waals surface area (Å²) in [6.45, 7) is 0.259. The molecule has 0 aliphatic rings. The van der Waals surface area contributed by atoms with E-state index in [1.807, 2.05) is 0 Å². The molecule has 0 aromatic rings. The number of carbonyl (C=O) groups excluding carboxylic acids is 1. The fraction of sp³-hybridized carbons (Fsp3) is 0.875. The molecule has 0 bridgehead atoms. The second-order valence-electron chi connectivity index (χ2n) is 3.24. The Hall–Kier alpha value is -0.730. The van der Waals surface area contributed by atoms with E-state index in [9.17, 15) is 20.1 Å². The molecule has 7 nitrogen and oxygen atoms in total. The highest BCUT2D eigenvalue weighted by Gasteiger charge is 2.29. The Morgan fingerprint density at radius 3 is 2.00 bits per heavy atom. The number of hydrogen-bond donors (Lipinski definition) is 6. The van der Waals surface area contributed by atoms with Crippen molar-refractivity contribution in [1.82, 2.24) is 5.32 Å². The van der Waals surface area contributed by atoms with Gasteiger partial charge in [0.25, 0.3) is 0 Å². The second-order valence-corrected chi connectivity index (χ2v) is 3.24. The molecule has 6 N–H and O–H groups in total. The third kappa shape index (κ3) is 5.05. The molecule has 1 amide bonds. The first-order valence-electron chi connectivity index (χ1n) is 4.47. The average Bonchev–Trinajstić information content (AvgIpc) is 2.22. The minimum absolute atomic E-state index is 0.244. The van der Waals surface area contributed by atoms with E-state index in [1.54, 1.807) is 0 Å². The third-order valence-corrected chi connectivity index (χ3v) is 1.89. The van der Waals surface area contributed by atoms with Gasteiger partial charge in [-0.05, 0) is 0 Å². The van der Waals surface area contributed by atoms with Crippen LogP contribution >= 0.6 is 0 Å². The lowest BCUT2D eigenvalue weighted by Crippen LogP contribution is -2.49. The normalized spacial score (nSPS) is 19.1. The van der Waals surface area contributed by atoms with Crippen LogP contribution in [0.3, 0.4) is 0 Å². The van der Waals surface area contributed by atoms with Crippen LogP contribution in [0, 0.1) is 0 Å². The van der Waals surface area contributed by atoms with Gasteiger partial charge in [-0.25, -0.2) is 0 Å². The summed E-state index contributed by atoms with van der Waals surface area (Å²) in [6, 6.07) is 0. The molecule has 90 valence electrons. The van der Waals surface area contributed by atoms with Gasteiger partial charge in [0.05, 0.1) is 12.7 Å². The van der Waals surface area contributed by atoms with Gasteiger partial charge in [0.1, 0.15) is 18.3 Å². The zero-order valence-corrected chi connectivity index (χ0v) is 8.37. The van der Waals surface area contributed by atoms with Crippen molar-refractivity contribution < 1.29 is 30.3 Å². The zero-order valence-electron chi connectivity index (χ0n) is 8.37. The summed E-state index contributed by atoms with van der Waals surface area (Å²) >= 11 is 0. The number of amides is 1. The van der Waals surface area contributed by atoms with Gasteiger partial charge in [0.15, 0.2) is 0 Å². The number of carbonyl (C=O) groups is 1. The van der Waals surface area contributed by atoms with E-state index in [0.717, 1.165) is 0 Å². The van der Waals surface area contributed by atoms with Gasteiger partial charge in [-0.2, -0.15) is 0 Å². The molecule has 0 aromatic heterocycles. The Morgan fingerprint density at radius 1 is 1.13 bits per heavy atom. The second kappa shape index (κ2) is 6.70. The quantitative estimate of drug-likeness (QED) is 0.278. The van der Waals surface area contributed by atoms with Crippen molar-refractivity contribution in [3.05, 3.63) is 0 Å².